The monoisotopic (exact) mass is 250 g/mol. The second kappa shape index (κ2) is 4.68. The molecule has 0 N–H and O–H groups in total. The summed E-state index contributed by atoms with van der Waals surface area (Å²) in [7, 11) is 0. The smallest absolute Gasteiger partial charge is 0.230 e. The average Bonchev–Trinajstić information content (AvgIpc) is 3.11. The first kappa shape index (κ1) is 11.6. The van der Waals surface area contributed by atoms with Crippen molar-refractivity contribution in [1.82, 2.24) is 20.0 Å². The molecule has 1 amide bonds. The highest BCUT2D eigenvalue weighted by Crippen LogP contribution is 2.39. The van der Waals surface area contributed by atoms with E-state index in [0.717, 1.165) is 32.1 Å². The molecule has 1 saturated carbocycles. The Morgan fingerprint density at radius 1 is 1.28 bits per heavy atom. The van der Waals surface area contributed by atoms with Crippen LogP contribution in [0.3, 0.4) is 0 Å². The van der Waals surface area contributed by atoms with Gasteiger partial charge in [-0.25, -0.2) is 0 Å². The highest BCUT2D eigenvalue weighted by Gasteiger charge is 2.29. The summed E-state index contributed by atoms with van der Waals surface area (Å²) in [6.07, 6.45) is 2.36. The number of nitrogens with zero attached hydrogens (tertiary/aromatic N) is 4. The Labute approximate surface area is 106 Å². The minimum absolute atomic E-state index is 0.156. The number of amides is 1. The predicted molar refractivity (Wildman–Crippen MR) is 63.8 cm³/mol. The molecule has 1 aromatic heterocycles. The predicted octanol–water partition coefficient (Wildman–Crippen LogP) is 0.611. The van der Waals surface area contributed by atoms with Crippen molar-refractivity contribution in [3.8, 4) is 0 Å². The van der Waals surface area contributed by atoms with Crippen molar-refractivity contribution in [2.45, 2.75) is 32.2 Å². The van der Waals surface area contributed by atoms with Gasteiger partial charge in [-0.1, -0.05) is 0 Å². The van der Waals surface area contributed by atoms with E-state index >= 15 is 0 Å². The summed E-state index contributed by atoms with van der Waals surface area (Å²) in [5.74, 6) is 2.17. The van der Waals surface area contributed by atoms with Crippen LogP contribution in [0.4, 0.5) is 0 Å². The maximum Gasteiger partial charge on any atom is 0.230 e. The molecular formula is C12H18N4O2. The standard InChI is InChI=1S/C12H18N4O2/c1-9(17)16-6-4-15(5-7-16)8-11-13-14-12(18-11)10-2-3-10/h10H,2-8H2,1H3. The van der Waals surface area contributed by atoms with E-state index in [2.05, 4.69) is 15.1 Å². The van der Waals surface area contributed by atoms with E-state index in [1.54, 1.807) is 6.92 Å². The number of aromatic nitrogens is 2. The molecule has 18 heavy (non-hydrogen) atoms. The zero-order valence-corrected chi connectivity index (χ0v) is 10.6. The average molecular weight is 250 g/mol. The summed E-state index contributed by atoms with van der Waals surface area (Å²) in [4.78, 5) is 15.3. The molecule has 1 saturated heterocycles. The van der Waals surface area contributed by atoms with Gasteiger partial charge in [-0.15, -0.1) is 10.2 Å². The maximum atomic E-state index is 11.2. The van der Waals surface area contributed by atoms with Crippen LogP contribution >= 0.6 is 0 Å². The van der Waals surface area contributed by atoms with Crippen molar-refractivity contribution in [2.75, 3.05) is 26.2 Å². The van der Waals surface area contributed by atoms with Crippen molar-refractivity contribution in [3.05, 3.63) is 11.8 Å². The third-order valence-corrected chi connectivity index (χ3v) is 3.59. The summed E-state index contributed by atoms with van der Waals surface area (Å²) >= 11 is 0. The molecule has 1 aliphatic carbocycles. The normalized spacial score (nSPS) is 21.3. The van der Waals surface area contributed by atoms with E-state index in [-0.39, 0.29) is 5.91 Å². The minimum Gasteiger partial charge on any atom is -0.424 e. The van der Waals surface area contributed by atoms with Gasteiger partial charge in [0.2, 0.25) is 17.7 Å². The van der Waals surface area contributed by atoms with Crippen molar-refractivity contribution in [2.24, 2.45) is 0 Å². The second-order valence-electron chi connectivity index (χ2n) is 5.09. The third-order valence-electron chi connectivity index (χ3n) is 3.59. The molecule has 2 aliphatic rings. The lowest BCUT2D eigenvalue weighted by molar-refractivity contribution is -0.130. The van der Waals surface area contributed by atoms with Crippen LogP contribution in [0.25, 0.3) is 0 Å². The van der Waals surface area contributed by atoms with Crippen LogP contribution in [0.2, 0.25) is 0 Å². The fourth-order valence-electron chi connectivity index (χ4n) is 2.24. The number of carbonyl (C=O) groups excluding carboxylic acids is 1. The molecular weight excluding hydrogens is 232 g/mol. The number of hydrogen-bond donors (Lipinski definition) is 0. The van der Waals surface area contributed by atoms with Gasteiger partial charge in [0.15, 0.2) is 0 Å². The first-order valence-electron chi connectivity index (χ1n) is 6.52. The molecule has 0 aromatic carbocycles. The van der Waals surface area contributed by atoms with Crippen molar-refractivity contribution in [3.63, 3.8) is 0 Å². The molecule has 0 spiro atoms. The van der Waals surface area contributed by atoms with Crippen molar-refractivity contribution < 1.29 is 9.21 Å². The fourth-order valence-corrected chi connectivity index (χ4v) is 2.24. The molecule has 2 heterocycles. The molecule has 0 radical (unpaired) electrons. The van der Waals surface area contributed by atoms with Gasteiger partial charge in [0.25, 0.3) is 0 Å². The first-order valence-corrected chi connectivity index (χ1v) is 6.52. The van der Waals surface area contributed by atoms with Crippen LogP contribution in [-0.4, -0.2) is 52.1 Å². The van der Waals surface area contributed by atoms with E-state index in [1.165, 1.54) is 12.8 Å². The Balaban J connectivity index is 1.52. The Kier molecular flexibility index (Phi) is 3.03. The zero-order valence-electron chi connectivity index (χ0n) is 10.6. The Bertz CT molecular complexity index is 433. The first-order chi connectivity index (χ1) is 8.72. The molecule has 3 rings (SSSR count). The third kappa shape index (κ3) is 2.53. The summed E-state index contributed by atoms with van der Waals surface area (Å²) in [6, 6.07) is 0. The van der Waals surface area contributed by atoms with E-state index in [9.17, 15) is 4.79 Å². The molecule has 0 unspecified atom stereocenters. The van der Waals surface area contributed by atoms with Gasteiger partial charge in [0.05, 0.1) is 6.54 Å². The van der Waals surface area contributed by atoms with E-state index in [4.69, 9.17) is 4.42 Å². The highest BCUT2D eigenvalue weighted by atomic mass is 16.4. The summed E-state index contributed by atoms with van der Waals surface area (Å²) in [5.41, 5.74) is 0. The zero-order chi connectivity index (χ0) is 12.5. The SMILES string of the molecule is CC(=O)N1CCN(Cc2nnc(C3CC3)o2)CC1. The minimum atomic E-state index is 0.156. The lowest BCUT2D eigenvalue weighted by Crippen LogP contribution is -2.47. The second-order valence-corrected chi connectivity index (χ2v) is 5.09. The Morgan fingerprint density at radius 2 is 2.00 bits per heavy atom. The quantitative estimate of drug-likeness (QED) is 0.786. The Hall–Kier alpha value is -1.43. The Morgan fingerprint density at radius 3 is 2.61 bits per heavy atom. The van der Waals surface area contributed by atoms with Crippen LogP contribution in [0.15, 0.2) is 4.42 Å². The highest BCUT2D eigenvalue weighted by molar-refractivity contribution is 5.73. The lowest BCUT2D eigenvalue weighted by Gasteiger charge is -2.33. The number of carbonyl (C=O) groups is 1. The van der Waals surface area contributed by atoms with Crippen molar-refractivity contribution in [1.29, 1.82) is 0 Å². The van der Waals surface area contributed by atoms with E-state index in [1.807, 2.05) is 4.90 Å². The molecule has 6 heteroatoms. The van der Waals surface area contributed by atoms with Crippen LogP contribution in [0.5, 0.6) is 0 Å². The van der Waals surface area contributed by atoms with Gasteiger partial charge in [-0.05, 0) is 12.8 Å². The molecule has 1 aliphatic heterocycles. The number of piperazine rings is 1. The van der Waals surface area contributed by atoms with Crippen LogP contribution in [0.1, 0.15) is 37.5 Å². The van der Waals surface area contributed by atoms with E-state index < -0.39 is 0 Å². The molecule has 1 aromatic rings. The summed E-state index contributed by atoms with van der Waals surface area (Å²) in [6.45, 7) is 5.65. The van der Waals surface area contributed by atoms with Crippen molar-refractivity contribution >= 4 is 5.91 Å². The molecule has 0 atom stereocenters. The maximum absolute atomic E-state index is 11.2. The van der Waals surface area contributed by atoms with E-state index in [0.29, 0.717) is 18.4 Å². The van der Waals surface area contributed by atoms with Gasteiger partial charge >= 0.3 is 0 Å². The van der Waals surface area contributed by atoms with Gasteiger partial charge in [0.1, 0.15) is 0 Å². The molecule has 2 fully saturated rings. The van der Waals surface area contributed by atoms with Gasteiger partial charge in [-0.2, -0.15) is 0 Å². The summed E-state index contributed by atoms with van der Waals surface area (Å²) < 4.78 is 5.64. The summed E-state index contributed by atoms with van der Waals surface area (Å²) in [5, 5.41) is 8.17. The van der Waals surface area contributed by atoms with Crippen LogP contribution in [-0.2, 0) is 11.3 Å². The number of hydrogen-bond acceptors (Lipinski definition) is 5. The molecule has 98 valence electrons. The fraction of sp³-hybridized carbons (Fsp3) is 0.750. The topological polar surface area (TPSA) is 62.5 Å². The largest absolute Gasteiger partial charge is 0.424 e. The van der Waals surface area contributed by atoms with Gasteiger partial charge < -0.3 is 9.32 Å². The van der Waals surface area contributed by atoms with Gasteiger partial charge in [0, 0.05) is 39.0 Å². The lowest BCUT2D eigenvalue weighted by atomic mass is 10.3. The molecule has 0 bridgehead atoms. The number of rotatable bonds is 3. The van der Waals surface area contributed by atoms with Crippen LogP contribution < -0.4 is 0 Å². The molecule has 6 nitrogen and oxygen atoms in total. The van der Waals surface area contributed by atoms with Crippen LogP contribution in [0, 0.1) is 0 Å². The van der Waals surface area contributed by atoms with Gasteiger partial charge in [-0.3, -0.25) is 9.69 Å².